The summed E-state index contributed by atoms with van der Waals surface area (Å²) in [5.74, 6) is 1.22. The van der Waals surface area contributed by atoms with Gasteiger partial charge in [-0.15, -0.1) is 12.4 Å². The number of rotatable bonds is 6. The van der Waals surface area contributed by atoms with Crippen LogP contribution >= 0.6 is 12.4 Å². The van der Waals surface area contributed by atoms with E-state index in [2.05, 4.69) is 44.5 Å². The number of carbonyl (C=O) groups excluding carboxylic acids is 1. The molecule has 130 valence electrons. The minimum Gasteiger partial charge on any atom is -0.349 e. The van der Waals surface area contributed by atoms with E-state index in [4.69, 9.17) is 0 Å². The largest absolute Gasteiger partial charge is 0.349 e. The molecule has 2 aromatic rings. The fourth-order valence-electron chi connectivity index (χ4n) is 3.00. The van der Waals surface area contributed by atoms with Crippen LogP contribution in [0.1, 0.15) is 24.2 Å². The predicted molar refractivity (Wildman–Crippen MR) is 97.1 cm³/mol. The van der Waals surface area contributed by atoms with Crippen LogP contribution in [-0.2, 0) is 24.3 Å². The molecule has 24 heavy (non-hydrogen) atoms. The predicted octanol–water partition coefficient (Wildman–Crippen LogP) is 2.16. The van der Waals surface area contributed by atoms with Gasteiger partial charge in [-0.1, -0.05) is 30.3 Å². The van der Waals surface area contributed by atoms with E-state index < -0.39 is 0 Å². The molecule has 1 aliphatic rings. The summed E-state index contributed by atoms with van der Waals surface area (Å²) < 4.78 is 2.12. The maximum absolute atomic E-state index is 12.2. The van der Waals surface area contributed by atoms with Crippen molar-refractivity contribution in [2.24, 2.45) is 5.92 Å². The first-order valence-electron chi connectivity index (χ1n) is 8.35. The van der Waals surface area contributed by atoms with Gasteiger partial charge in [0.25, 0.3) is 0 Å². The summed E-state index contributed by atoms with van der Waals surface area (Å²) in [4.78, 5) is 16.6. The van der Waals surface area contributed by atoms with E-state index in [0.717, 1.165) is 44.7 Å². The summed E-state index contributed by atoms with van der Waals surface area (Å²) >= 11 is 0. The first-order valence-corrected chi connectivity index (χ1v) is 8.35. The van der Waals surface area contributed by atoms with Gasteiger partial charge in [-0.25, -0.2) is 4.98 Å². The smallest absolute Gasteiger partial charge is 0.223 e. The van der Waals surface area contributed by atoms with E-state index in [0.29, 0.717) is 6.54 Å². The second-order valence-corrected chi connectivity index (χ2v) is 6.01. The SMILES string of the molecule is Cl.O=C(NCc1nccn1CCc1ccccc1)C1CCNCC1. The molecule has 0 unspecified atom stereocenters. The van der Waals surface area contributed by atoms with Crippen LogP contribution < -0.4 is 10.6 Å². The number of carbonyl (C=O) groups is 1. The van der Waals surface area contributed by atoms with Gasteiger partial charge < -0.3 is 15.2 Å². The maximum atomic E-state index is 12.2. The number of benzene rings is 1. The Morgan fingerprint density at radius 3 is 2.75 bits per heavy atom. The fraction of sp³-hybridized carbons (Fsp3) is 0.444. The zero-order valence-corrected chi connectivity index (χ0v) is 14.6. The number of nitrogens with one attached hydrogen (secondary N) is 2. The van der Waals surface area contributed by atoms with Crippen molar-refractivity contribution >= 4 is 18.3 Å². The Kier molecular flexibility index (Phi) is 7.28. The highest BCUT2D eigenvalue weighted by Gasteiger charge is 2.20. The zero-order chi connectivity index (χ0) is 15.9. The minimum absolute atomic E-state index is 0. The van der Waals surface area contributed by atoms with Gasteiger partial charge in [0, 0.05) is 24.9 Å². The number of hydrogen-bond donors (Lipinski definition) is 2. The summed E-state index contributed by atoms with van der Waals surface area (Å²) in [5, 5.41) is 6.33. The van der Waals surface area contributed by atoms with Crippen molar-refractivity contribution in [1.29, 1.82) is 0 Å². The van der Waals surface area contributed by atoms with Crippen LogP contribution in [-0.4, -0.2) is 28.5 Å². The summed E-state index contributed by atoms with van der Waals surface area (Å²) in [5.41, 5.74) is 1.31. The lowest BCUT2D eigenvalue weighted by Crippen LogP contribution is -2.38. The average Bonchev–Trinajstić information content (AvgIpc) is 3.07. The third-order valence-electron chi connectivity index (χ3n) is 4.42. The summed E-state index contributed by atoms with van der Waals surface area (Å²) in [6, 6.07) is 10.4. The van der Waals surface area contributed by atoms with Crippen LogP contribution in [0.5, 0.6) is 0 Å². The Hall–Kier alpha value is -1.85. The van der Waals surface area contributed by atoms with E-state index in [1.165, 1.54) is 5.56 Å². The average molecular weight is 349 g/mol. The molecule has 0 bridgehead atoms. The molecule has 1 aliphatic heterocycles. The third-order valence-corrected chi connectivity index (χ3v) is 4.42. The van der Waals surface area contributed by atoms with Gasteiger partial charge in [0.05, 0.1) is 6.54 Å². The molecule has 0 radical (unpaired) electrons. The Morgan fingerprint density at radius 1 is 1.25 bits per heavy atom. The summed E-state index contributed by atoms with van der Waals surface area (Å²) in [7, 11) is 0. The van der Waals surface area contributed by atoms with E-state index in [1.54, 1.807) is 6.20 Å². The molecule has 2 heterocycles. The number of imidazole rings is 1. The van der Waals surface area contributed by atoms with Crippen molar-refractivity contribution in [3.8, 4) is 0 Å². The monoisotopic (exact) mass is 348 g/mol. The van der Waals surface area contributed by atoms with Gasteiger partial charge in [0.15, 0.2) is 0 Å². The van der Waals surface area contributed by atoms with Gasteiger partial charge in [0.1, 0.15) is 5.82 Å². The molecule has 2 N–H and O–H groups in total. The van der Waals surface area contributed by atoms with Gasteiger partial charge in [-0.05, 0) is 37.9 Å². The number of hydrogen-bond acceptors (Lipinski definition) is 3. The van der Waals surface area contributed by atoms with Crippen molar-refractivity contribution < 1.29 is 4.79 Å². The number of piperidine rings is 1. The second-order valence-electron chi connectivity index (χ2n) is 6.01. The molecule has 0 atom stereocenters. The maximum Gasteiger partial charge on any atom is 0.223 e. The number of amides is 1. The molecule has 1 aromatic carbocycles. The molecule has 0 spiro atoms. The van der Waals surface area contributed by atoms with Crippen LogP contribution in [0, 0.1) is 5.92 Å². The van der Waals surface area contributed by atoms with Crippen LogP contribution in [0.2, 0.25) is 0 Å². The summed E-state index contributed by atoms with van der Waals surface area (Å²) in [6.07, 6.45) is 6.60. The molecule has 0 aliphatic carbocycles. The molecule has 3 rings (SSSR count). The van der Waals surface area contributed by atoms with Crippen molar-refractivity contribution in [1.82, 2.24) is 20.2 Å². The Labute approximate surface area is 149 Å². The molecular weight excluding hydrogens is 324 g/mol. The molecule has 5 nitrogen and oxygen atoms in total. The lowest BCUT2D eigenvalue weighted by molar-refractivity contribution is -0.125. The van der Waals surface area contributed by atoms with Crippen LogP contribution in [0.4, 0.5) is 0 Å². The van der Waals surface area contributed by atoms with Crippen molar-refractivity contribution in [3.63, 3.8) is 0 Å². The summed E-state index contributed by atoms with van der Waals surface area (Å²) in [6.45, 7) is 3.25. The van der Waals surface area contributed by atoms with Crippen LogP contribution in [0.25, 0.3) is 0 Å². The van der Waals surface area contributed by atoms with E-state index in [-0.39, 0.29) is 24.2 Å². The van der Waals surface area contributed by atoms with Gasteiger partial charge >= 0.3 is 0 Å². The number of aryl methyl sites for hydroxylation is 2. The fourth-order valence-corrected chi connectivity index (χ4v) is 3.00. The Balaban J connectivity index is 0.00000208. The Bertz CT molecular complexity index is 623. The van der Waals surface area contributed by atoms with E-state index in [1.807, 2.05) is 12.3 Å². The molecule has 1 saturated heterocycles. The van der Waals surface area contributed by atoms with E-state index >= 15 is 0 Å². The molecule has 6 heteroatoms. The van der Waals surface area contributed by atoms with Crippen molar-refractivity contribution in [2.45, 2.75) is 32.4 Å². The van der Waals surface area contributed by atoms with Crippen LogP contribution in [0.15, 0.2) is 42.7 Å². The number of nitrogens with zero attached hydrogens (tertiary/aromatic N) is 2. The minimum atomic E-state index is 0. The quantitative estimate of drug-likeness (QED) is 0.841. The van der Waals surface area contributed by atoms with Crippen molar-refractivity contribution in [3.05, 3.63) is 54.1 Å². The normalized spacial score (nSPS) is 14.8. The highest BCUT2D eigenvalue weighted by molar-refractivity contribution is 5.85. The molecular formula is C18H25ClN4O. The second kappa shape index (κ2) is 9.45. The Morgan fingerprint density at radius 2 is 2.00 bits per heavy atom. The van der Waals surface area contributed by atoms with Gasteiger partial charge in [-0.2, -0.15) is 0 Å². The molecule has 0 saturated carbocycles. The lowest BCUT2D eigenvalue weighted by atomic mass is 9.97. The molecule has 1 fully saturated rings. The highest BCUT2D eigenvalue weighted by atomic mass is 35.5. The van der Waals surface area contributed by atoms with Crippen molar-refractivity contribution in [2.75, 3.05) is 13.1 Å². The van der Waals surface area contributed by atoms with Crippen LogP contribution in [0.3, 0.4) is 0 Å². The standard InChI is InChI=1S/C18H24N4O.ClH/c23-18(16-6-9-19-10-7-16)21-14-17-20-11-13-22(17)12-8-15-4-2-1-3-5-15;/h1-5,11,13,16,19H,6-10,12,14H2,(H,21,23);1H. The molecule has 1 aromatic heterocycles. The first-order chi connectivity index (χ1) is 11.3. The lowest BCUT2D eigenvalue weighted by Gasteiger charge is -2.21. The number of halogens is 1. The highest BCUT2D eigenvalue weighted by Crippen LogP contribution is 2.12. The zero-order valence-electron chi connectivity index (χ0n) is 13.8. The first kappa shape index (κ1) is 18.5. The molecule has 1 amide bonds. The third kappa shape index (κ3) is 5.08. The van der Waals surface area contributed by atoms with E-state index in [9.17, 15) is 4.79 Å². The van der Waals surface area contributed by atoms with Gasteiger partial charge in [0.2, 0.25) is 5.91 Å². The topological polar surface area (TPSA) is 59.0 Å². The number of aromatic nitrogens is 2. The van der Waals surface area contributed by atoms with Gasteiger partial charge in [-0.3, -0.25) is 4.79 Å².